The molecule has 4 nitrogen and oxygen atoms in total. The molecule has 3 N–H and O–H groups in total. The topological polar surface area (TPSA) is 69.1 Å². The maximum Gasteiger partial charge on any atom is 0.146 e. The summed E-state index contributed by atoms with van der Waals surface area (Å²) in [6, 6.07) is 5.65. The van der Waals surface area contributed by atoms with Crippen molar-refractivity contribution >= 4 is 10.9 Å². The standard InChI is InChI=1S/C14H12N2O2/c1-14(18,10-17)7-3-2-4-11-5-6-13-12(8-11)9-15-16-13/h5-6,8-9,17-18H,10H2,1H3,(H,15,16)/t14-/m1/s1. The van der Waals surface area contributed by atoms with Gasteiger partial charge in [-0.3, -0.25) is 5.10 Å². The van der Waals surface area contributed by atoms with Gasteiger partial charge >= 0.3 is 0 Å². The number of H-pyrrole nitrogens is 1. The van der Waals surface area contributed by atoms with Crippen molar-refractivity contribution in [2.45, 2.75) is 12.5 Å². The third kappa shape index (κ3) is 2.89. The lowest BCUT2D eigenvalue weighted by Crippen LogP contribution is -2.26. The molecule has 0 aliphatic heterocycles. The van der Waals surface area contributed by atoms with Crippen LogP contribution in [0.3, 0.4) is 0 Å². The number of hydrogen-bond donors (Lipinski definition) is 3. The number of hydrogen-bond acceptors (Lipinski definition) is 3. The average Bonchev–Trinajstić information content (AvgIpc) is 2.82. The van der Waals surface area contributed by atoms with Crippen LogP contribution in [0.2, 0.25) is 0 Å². The second-order valence-electron chi connectivity index (χ2n) is 4.10. The Labute approximate surface area is 105 Å². The van der Waals surface area contributed by atoms with Gasteiger partial charge in [-0.1, -0.05) is 11.8 Å². The molecule has 0 aliphatic carbocycles. The van der Waals surface area contributed by atoms with E-state index in [0.29, 0.717) is 0 Å². The molecule has 0 saturated carbocycles. The SMILES string of the molecule is C[C@@](O)(C#CC#Cc1ccc2[nH]ncc2c1)CO. The predicted octanol–water partition coefficient (Wildman–Crippen LogP) is 0.661. The summed E-state index contributed by atoms with van der Waals surface area (Å²) >= 11 is 0. The van der Waals surface area contributed by atoms with Gasteiger partial charge in [-0.15, -0.1) is 0 Å². The Bertz CT molecular complexity index is 678. The predicted molar refractivity (Wildman–Crippen MR) is 68.5 cm³/mol. The fraction of sp³-hybridized carbons (Fsp3) is 0.214. The zero-order valence-electron chi connectivity index (χ0n) is 9.86. The van der Waals surface area contributed by atoms with Crippen LogP contribution >= 0.6 is 0 Å². The fourth-order valence-corrected chi connectivity index (χ4v) is 1.33. The van der Waals surface area contributed by atoms with Crippen molar-refractivity contribution in [2.75, 3.05) is 6.61 Å². The van der Waals surface area contributed by atoms with Gasteiger partial charge < -0.3 is 10.2 Å². The first-order valence-electron chi connectivity index (χ1n) is 5.40. The Kier molecular flexibility index (Phi) is 3.34. The summed E-state index contributed by atoms with van der Waals surface area (Å²) in [7, 11) is 0. The van der Waals surface area contributed by atoms with Gasteiger partial charge in [-0.25, -0.2) is 0 Å². The summed E-state index contributed by atoms with van der Waals surface area (Å²) in [5, 5.41) is 26.0. The molecule has 0 bridgehead atoms. The van der Waals surface area contributed by atoms with Crippen molar-refractivity contribution in [3.05, 3.63) is 30.0 Å². The van der Waals surface area contributed by atoms with Crippen LogP contribution in [0, 0.1) is 23.7 Å². The number of nitrogens with one attached hydrogen (secondary N) is 1. The number of aliphatic hydroxyl groups is 2. The van der Waals surface area contributed by atoms with Crippen LogP contribution in [0.15, 0.2) is 24.4 Å². The van der Waals surface area contributed by atoms with Crippen LogP contribution in [0.1, 0.15) is 12.5 Å². The number of aromatic nitrogens is 2. The molecule has 1 aromatic heterocycles. The highest BCUT2D eigenvalue weighted by atomic mass is 16.3. The van der Waals surface area contributed by atoms with Crippen molar-refractivity contribution in [3.63, 3.8) is 0 Å². The highest BCUT2D eigenvalue weighted by Gasteiger charge is 2.13. The van der Waals surface area contributed by atoms with Crippen LogP contribution in [0.5, 0.6) is 0 Å². The zero-order valence-corrected chi connectivity index (χ0v) is 9.86. The molecular formula is C14H12N2O2. The van der Waals surface area contributed by atoms with Crippen LogP contribution in [-0.4, -0.2) is 32.6 Å². The molecule has 0 saturated heterocycles. The number of nitrogens with zero attached hydrogens (tertiary/aromatic N) is 1. The van der Waals surface area contributed by atoms with Crippen LogP contribution in [0.25, 0.3) is 10.9 Å². The van der Waals surface area contributed by atoms with E-state index in [4.69, 9.17) is 5.11 Å². The molecule has 2 rings (SSSR count). The molecule has 90 valence electrons. The number of fused-ring (bicyclic) bond motifs is 1. The molecule has 0 amide bonds. The van der Waals surface area contributed by atoms with Gasteiger partial charge in [0.05, 0.1) is 18.3 Å². The Balaban J connectivity index is 2.19. The van der Waals surface area contributed by atoms with Gasteiger partial charge in [-0.05, 0) is 37.0 Å². The van der Waals surface area contributed by atoms with Gasteiger partial charge in [0.2, 0.25) is 0 Å². The van der Waals surface area contributed by atoms with E-state index < -0.39 is 12.2 Å². The molecule has 0 fully saturated rings. The average molecular weight is 240 g/mol. The van der Waals surface area contributed by atoms with Gasteiger partial charge in [0.1, 0.15) is 5.60 Å². The normalized spacial score (nSPS) is 13.1. The van der Waals surface area contributed by atoms with Gasteiger partial charge in [0, 0.05) is 10.9 Å². The van der Waals surface area contributed by atoms with Gasteiger partial charge in [-0.2, -0.15) is 5.10 Å². The van der Waals surface area contributed by atoms with Crippen molar-refractivity contribution in [1.29, 1.82) is 0 Å². The van der Waals surface area contributed by atoms with E-state index in [0.717, 1.165) is 16.5 Å². The third-order valence-corrected chi connectivity index (χ3v) is 2.35. The molecule has 0 spiro atoms. The van der Waals surface area contributed by atoms with Crippen LogP contribution in [-0.2, 0) is 0 Å². The van der Waals surface area contributed by atoms with E-state index in [9.17, 15) is 5.11 Å². The molecular weight excluding hydrogens is 228 g/mol. The second kappa shape index (κ2) is 4.93. The smallest absolute Gasteiger partial charge is 0.146 e. The highest BCUT2D eigenvalue weighted by Crippen LogP contribution is 2.11. The molecule has 0 unspecified atom stereocenters. The lowest BCUT2D eigenvalue weighted by molar-refractivity contribution is 0.0519. The quantitative estimate of drug-likeness (QED) is 0.641. The van der Waals surface area contributed by atoms with Crippen LogP contribution in [0.4, 0.5) is 0 Å². The van der Waals surface area contributed by atoms with Crippen molar-refractivity contribution in [2.24, 2.45) is 0 Å². The first-order chi connectivity index (χ1) is 8.61. The summed E-state index contributed by atoms with van der Waals surface area (Å²) in [4.78, 5) is 0. The summed E-state index contributed by atoms with van der Waals surface area (Å²) < 4.78 is 0. The summed E-state index contributed by atoms with van der Waals surface area (Å²) in [6.45, 7) is 1.02. The third-order valence-electron chi connectivity index (χ3n) is 2.35. The van der Waals surface area contributed by atoms with Crippen LogP contribution < -0.4 is 0 Å². The molecule has 0 radical (unpaired) electrons. The van der Waals surface area contributed by atoms with Crippen molar-refractivity contribution in [3.8, 4) is 23.7 Å². The monoisotopic (exact) mass is 240 g/mol. The zero-order chi connectivity index (χ0) is 13.0. The maximum atomic E-state index is 9.43. The van der Waals surface area contributed by atoms with E-state index >= 15 is 0 Å². The summed E-state index contributed by atoms with van der Waals surface area (Å²) in [5.74, 6) is 10.5. The van der Waals surface area contributed by atoms with E-state index in [1.54, 1.807) is 6.20 Å². The molecule has 1 atom stereocenters. The molecule has 4 heteroatoms. The van der Waals surface area contributed by atoms with Crippen molar-refractivity contribution < 1.29 is 10.2 Å². The number of rotatable bonds is 1. The van der Waals surface area contributed by atoms with E-state index in [1.807, 2.05) is 18.2 Å². The molecule has 0 aliphatic rings. The maximum absolute atomic E-state index is 9.43. The summed E-state index contributed by atoms with van der Waals surface area (Å²) in [5.41, 5.74) is 0.375. The minimum atomic E-state index is -1.40. The Morgan fingerprint density at radius 3 is 3.00 bits per heavy atom. The molecule has 1 aromatic carbocycles. The number of aromatic amines is 1. The Morgan fingerprint density at radius 1 is 1.39 bits per heavy atom. The largest absolute Gasteiger partial charge is 0.392 e. The van der Waals surface area contributed by atoms with Gasteiger partial charge in [0.15, 0.2) is 0 Å². The minimum Gasteiger partial charge on any atom is -0.392 e. The Morgan fingerprint density at radius 2 is 2.22 bits per heavy atom. The summed E-state index contributed by atoms with van der Waals surface area (Å²) in [6.07, 6.45) is 1.72. The van der Waals surface area contributed by atoms with Gasteiger partial charge in [0.25, 0.3) is 0 Å². The first kappa shape index (κ1) is 12.2. The van der Waals surface area contributed by atoms with E-state index in [-0.39, 0.29) is 0 Å². The molecule has 2 aromatic rings. The first-order valence-corrected chi connectivity index (χ1v) is 5.40. The minimum absolute atomic E-state index is 0.414. The lowest BCUT2D eigenvalue weighted by Gasteiger charge is -2.09. The molecule has 1 heterocycles. The lowest BCUT2D eigenvalue weighted by atomic mass is 10.1. The Hall–Kier alpha value is -2.27. The number of benzene rings is 1. The number of aliphatic hydroxyl groups excluding tert-OH is 1. The molecule has 18 heavy (non-hydrogen) atoms. The fourth-order valence-electron chi connectivity index (χ4n) is 1.33. The van der Waals surface area contributed by atoms with E-state index in [1.165, 1.54) is 6.92 Å². The van der Waals surface area contributed by atoms with E-state index in [2.05, 4.69) is 33.9 Å². The highest BCUT2D eigenvalue weighted by molar-refractivity contribution is 5.79. The second-order valence-corrected chi connectivity index (χ2v) is 4.10. The van der Waals surface area contributed by atoms with Crippen molar-refractivity contribution in [1.82, 2.24) is 10.2 Å².